The summed E-state index contributed by atoms with van der Waals surface area (Å²) in [5.74, 6) is 0.663. The van der Waals surface area contributed by atoms with Gasteiger partial charge in [0.2, 0.25) is 0 Å². The summed E-state index contributed by atoms with van der Waals surface area (Å²) in [5, 5.41) is 5.87. The van der Waals surface area contributed by atoms with E-state index in [9.17, 15) is 0 Å². The Morgan fingerprint density at radius 3 is 2.35 bits per heavy atom. The van der Waals surface area contributed by atoms with Crippen molar-refractivity contribution in [2.24, 2.45) is 0 Å². The Hall–Kier alpha value is -2.11. The summed E-state index contributed by atoms with van der Waals surface area (Å²) in [6, 6.07) is 16.2. The van der Waals surface area contributed by atoms with E-state index in [0.29, 0.717) is 5.82 Å². The van der Waals surface area contributed by atoms with Crippen molar-refractivity contribution < 1.29 is 4.43 Å². The number of nitrogen functional groups attached to an aromatic ring is 1. The minimum absolute atomic E-state index is 0.0309. The largest absolute Gasteiger partial charge is 0.410 e. The predicted octanol–water partition coefficient (Wildman–Crippen LogP) is 5.69. The zero-order valence-electron chi connectivity index (χ0n) is 16.6. The summed E-state index contributed by atoms with van der Waals surface area (Å²) in [4.78, 5) is 0. The van der Waals surface area contributed by atoms with Gasteiger partial charge in [0.15, 0.2) is 8.32 Å². The van der Waals surface area contributed by atoms with Crippen LogP contribution in [0.2, 0.25) is 18.1 Å². The molecule has 0 fully saturated rings. The molecule has 5 heteroatoms. The molecular weight excluding hydrogens is 338 g/mol. The highest BCUT2D eigenvalue weighted by Gasteiger charge is 2.38. The number of nitrogens with zero attached hydrogens (tertiary/aromatic N) is 2. The summed E-state index contributed by atoms with van der Waals surface area (Å²) in [5.41, 5.74) is 9.33. The maximum atomic E-state index is 6.53. The number of nitrogens with two attached hydrogens (primary N) is 1. The molecule has 0 saturated heterocycles. The minimum atomic E-state index is -1.83. The van der Waals surface area contributed by atoms with Crippen LogP contribution in [0.25, 0.3) is 16.6 Å². The summed E-state index contributed by atoms with van der Waals surface area (Å²) < 4.78 is 8.33. The quantitative estimate of drug-likeness (QED) is 0.603. The van der Waals surface area contributed by atoms with E-state index in [-0.39, 0.29) is 11.1 Å². The molecule has 0 aliphatic heterocycles. The molecule has 2 N–H and O–H groups in total. The first kappa shape index (κ1) is 18.7. The number of rotatable bonds is 4. The van der Waals surface area contributed by atoms with Gasteiger partial charge in [-0.1, -0.05) is 45.0 Å². The summed E-state index contributed by atoms with van der Waals surface area (Å²) in [6.07, 6.45) is 0.0309. The molecule has 0 saturated carbocycles. The second kappa shape index (κ2) is 6.56. The van der Waals surface area contributed by atoms with Crippen LogP contribution >= 0.6 is 0 Å². The van der Waals surface area contributed by atoms with Gasteiger partial charge >= 0.3 is 0 Å². The maximum absolute atomic E-state index is 6.53. The van der Waals surface area contributed by atoms with Gasteiger partial charge in [0, 0.05) is 5.39 Å². The molecule has 2 aromatic carbocycles. The van der Waals surface area contributed by atoms with Crippen LogP contribution in [0.3, 0.4) is 0 Å². The van der Waals surface area contributed by atoms with Gasteiger partial charge in [0.1, 0.15) is 5.82 Å². The van der Waals surface area contributed by atoms with E-state index >= 15 is 0 Å². The molecule has 3 rings (SSSR count). The molecule has 0 aliphatic carbocycles. The van der Waals surface area contributed by atoms with Crippen molar-refractivity contribution in [2.75, 3.05) is 5.73 Å². The third-order valence-corrected chi connectivity index (χ3v) is 10.0. The number of para-hydroxylation sites is 1. The number of fused-ring (bicyclic) bond motifs is 1. The molecule has 0 amide bonds. The lowest BCUT2D eigenvalue weighted by molar-refractivity contribution is 0.203. The molecular formula is C21H29N3OSi. The molecule has 0 bridgehead atoms. The first-order chi connectivity index (χ1) is 12.1. The lowest BCUT2D eigenvalue weighted by atomic mass is 10.1. The van der Waals surface area contributed by atoms with E-state index in [1.54, 1.807) is 4.68 Å². The fraction of sp³-hybridized carbons (Fsp3) is 0.381. The highest BCUT2D eigenvalue weighted by Crippen LogP contribution is 2.40. The third-order valence-electron chi connectivity index (χ3n) is 5.48. The smallest absolute Gasteiger partial charge is 0.192 e. The van der Waals surface area contributed by atoms with Crippen molar-refractivity contribution in [3.63, 3.8) is 0 Å². The average Bonchev–Trinajstić information content (AvgIpc) is 2.90. The van der Waals surface area contributed by atoms with Crippen LogP contribution in [0, 0.1) is 0 Å². The predicted molar refractivity (Wildman–Crippen MR) is 112 cm³/mol. The standard InChI is InChI=1S/C21H29N3OSi/c1-15(25-26(5,6)21(2,3)4)16-12-13-18-19(14-16)23-24(20(18)22)17-10-8-7-9-11-17/h7-15H,22H2,1-6H3. The Labute approximate surface area is 157 Å². The zero-order chi connectivity index (χ0) is 19.1. The molecule has 1 heterocycles. The topological polar surface area (TPSA) is 53.1 Å². The number of aromatic nitrogens is 2. The fourth-order valence-corrected chi connectivity index (χ4v) is 4.20. The molecule has 0 spiro atoms. The van der Waals surface area contributed by atoms with Crippen molar-refractivity contribution >= 4 is 25.0 Å². The van der Waals surface area contributed by atoms with Crippen molar-refractivity contribution in [1.82, 2.24) is 9.78 Å². The van der Waals surface area contributed by atoms with Crippen molar-refractivity contribution in [3.05, 3.63) is 54.1 Å². The number of hydrogen-bond acceptors (Lipinski definition) is 3. The monoisotopic (exact) mass is 367 g/mol. The van der Waals surface area contributed by atoms with Gasteiger partial charge < -0.3 is 10.2 Å². The van der Waals surface area contributed by atoms with Crippen LogP contribution in [-0.2, 0) is 4.43 Å². The summed E-state index contributed by atoms with van der Waals surface area (Å²) >= 11 is 0. The maximum Gasteiger partial charge on any atom is 0.192 e. The average molecular weight is 368 g/mol. The molecule has 4 nitrogen and oxygen atoms in total. The third kappa shape index (κ3) is 3.41. The Morgan fingerprint density at radius 2 is 1.73 bits per heavy atom. The van der Waals surface area contributed by atoms with Gasteiger partial charge in [-0.2, -0.15) is 5.10 Å². The van der Waals surface area contributed by atoms with Crippen LogP contribution in [0.15, 0.2) is 48.5 Å². The van der Waals surface area contributed by atoms with Gasteiger partial charge in [-0.05, 0) is 54.9 Å². The van der Waals surface area contributed by atoms with E-state index < -0.39 is 8.32 Å². The number of anilines is 1. The highest BCUT2D eigenvalue weighted by molar-refractivity contribution is 6.74. The molecule has 26 heavy (non-hydrogen) atoms. The van der Waals surface area contributed by atoms with Crippen LogP contribution < -0.4 is 5.73 Å². The van der Waals surface area contributed by atoms with Crippen molar-refractivity contribution in [2.45, 2.75) is 51.9 Å². The lowest BCUT2D eigenvalue weighted by Gasteiger charge is -2.38. The lowest BCUT2D eigenvalue weighted by Crippen LogP contribution is -2.41. The first-order valence-electron chi connectivity index (χ1n) is 9.11. The van der Waals surface area contributed by atoms with Gasteiger partial charge in [-0.3, -0.25) is 0 Å². The Kier molecular flexibility index (Phi) is 4.71. The molecule has 1 atom stereocenters. The Bertz CT molecular complexity index is 910. The highest BCUT2D eigenvalue weighted by atomic mass is 28.4. The zero-order valence-corrected chi connectivity index (χ0v) is 17.6. The van der Waals surface area contributed by atoms with Gasteiger partial charge in [0.05, 0.1) is 17.3 Å². The van der Waals surface area contributed by atoms with Crippen LogP contribution in [-0.4, -0.2) is 18.1 Å². The van der Waals surface area contributed by atoms with Crippen LogP contribution in [0.1, 0.15) is 39.4 Å². The second-order valence-electron chi connectivity index (χ2n) is 8.43. The molecule has 3 aromatic rings. The van der Waals surface area contributed by atoms with Crippen molar-refractivity contribution in [1.29, 1.82) is 0 Å². The van der Waals surface area contributed by atoms with Gasteiger partial charge in [-0.25, -0.2) is 4.68 Å². The van der Waals surface area contributed by atoms with Crippen molar-refractivity contribution in [3.8, 4) is 5.69 Å². The van der Waals surface area contributed by atoms with E-state index in [1.165, 1.54) is 0 Å². The minimum Gasteiger partial charge on any atom is -0.410 e. The van der Waals surface area contributed by atoms with Crippen LogP contribution in [0.4, 0.5) is 5.82 Å². The first-order valence-corrected chi connectivity index (χ1v) is 12.0. The molecule has 138 valence electrons. The normalized spacial score (nSPS) is 13.9. The van der Waals surface area contributed by atoms with E-state index in [2.05, 4.69) is 59.0 Å². The number of hydrogen-bond donors (Lipinski definition) is 1. The molecule has 0 radical (unpaired) electrons. The molecule has 1 unspecified atom stereocenters. The molecule has 1 aromatic heterocycles. The number of benzene rings is 2. The van der Waals surface area contributed by atoms with Gasteiger partial charge in [0.25, 0.3) is 0 Å². The second-order valence-corrected chi connectivity index (χ2v) is 13.2. The summed E-state index contributed by atoms with van der Waals surface area (Å²) in [7, 11) is -1.83. The van der Waals surface area contributed by atoms with E-state index in [0.717, 1.165) is 22.2 Å². The fourth-order valence-electron chi connectivity index (χ4n) is 2.83. The van der Waals surface area contributed by atoms with Crippen LogP contribution in [0.5, 0.6) is 0 Å². The van der Waals surface area contributed by atoms with Gasteiger partial charge in [-0.15, -0.1) is 0 Å². The SMILES string of the molecule is CC(O[Si](C)(C)C(C)(C)C)c1ccc2c(N)n(-c3ccccc3)nc2c1. The van der Waals surface area contributed by atoms with E-state index in [4.69, 9.17) is 15.3 Å². The summed E-state index contributed by atoms with van der Waals surface area (Å²) in [6.45, 7) is 13.5. The Morgan fingerprint density at radius 1 is 1.08 bits per heavy atom. The van der Waals surface area contributed by atoms with E-state index in [1.807, 2.05) is 30.3 Å². The Balaban J connectivity index is 1.95. The molecule has 0 aliphatic rings.